The lowest BCUT2D eigenvalue weighted by Crippen LogP contribution is -2.42. The molecule has 1 saturated heterocycles. The van der Waals surface area contributed by atoms with E-state index in [2.05, 4.69) is 55.5 Å². The lowest BCUT2D eigenvalue weighted by Gasteiger charge is -2.35. The molecule has 1 fully saturated rings. The van der Waals surface area contributed by atoms with Crippen molar-refractivity contribution >= 4 is 5.69 Å². The number of piperidine rings is 1. The molecule has 1 aliphatic heterocycles. The molecule has 1 aromatic carbocycles. The number of anilines is 1. The molecule has 3 heteroatoms. The highest BCUT2D eigenvalue weighted by Crippen LogP contribution is 2.20. The molecule has 1 aliphatic rings. The Labute approximate surface area is 110 Å². The predicted octanol–water partition coefficient (Wildman–Crippen LogP) is 3.29. The molecule has 0 atom stereocenters. The Morgan fingerprint density at radius 1 is 1.11 bits per heavy atom. The average Bonchev–Trinajstić information content (AvgIpc) is 2.31. The van der Waals surface area contributed by atoms with E-state index >= 15 is 0 Å². The molecule has 0 saturated carbocycles. The molecule has 0 amide bonds. The molecular weight excluding hydrogens is 224 g/mol. The van der Waals surface area contributed by atoms with Gasteiger partial charge in [0.05, 0.1) is 11.7 Å². The zero-order chi connectivity index (χ0) is 13.0. The van der Waals surface area contributed by atoms with Crippen molar-refractivity contribution < 1.29 is 4.74 Å². The largest absolute Gasteiger partial charge is 0.373 e. The number of hydrogen-bond donors (Lipinski definition) is 1. The van der Waals surface area contributed by atoms with Crippen molar-refractivity contribution in [3.63, 3.8) is 0 Å². The van der Waals surface area contributed by atoms with Crippen LogP contribution in [-0.2, 0) is 4.74 Å². The van der Waals surface area contributed by atoms with Gasteiger partial charge in [-0.1, -0.05) is 18.2 Å². The highest BCUT2D eigenvalue weighted by molar-refractivity contribution is 5.41. The van der Waals surface area contributed by atoms with Gasteiger partial charge in [0, 0.05) is 18.8 Å². The minimum absolute atomic E-state index is 0.0281. The fraction of sp³-hybridized carbons (Fsp3) is 0.600. The maximum absolute atomic E-state index is 6.02. The van der Waals surface area contributed by atoms with Crippen LogP contribution in [0.15, 0.2) is 30.3 Å². The first kappa shape index (κ1) is 13.4. The van der Waals surface area contributed by atoms with Crippen molar-refractivity contribution in [2.24, 2.45) is 0 Å². The maximum Gasteiger partial charge on any atom is 0.0608 e. The van der Waals surface area contributed by atoms with E-state index in [1.165, 1.54) is 0 Å². The van der Waals surface area contributed by atoms with Crippen molar-refractivity contribution in [2.75, 3.05) is 18.5 Å². The number of hydrogen-bond acceptors (Lipinski definition) is 3. The van der Waals surface area contributed by atoms with Gasteiger partial charge in [-0.3, -0.25) is 0 Å². The maximum atomic E-state index is 6.02. The van der Waals surface area contributed by atoms with Crippen molar-refractivity contribution in [2.45, 2.75) is 45.3 Å². The zero-order valence-electron chi connectivity index (χ0n) is 11.6. The summed E-state index contributed by atoms with van der Waals surface area (Å²) in [6.07, 6.45) is 2.59. The van der Waals surface area contributed by atoms with Gasteiger partial charge in [-0.15, -0.1) is 0 Å². The van der Waals surface area contributed by atoms with Crippen molar-refractivity contribution in [1.29, 1.82) is 0 Å². The monoisotopic (exact) mass is 248 g/mol. The Bertz CT molecular complexity index is 351. The van der Waals surface area contributed by atoms with E-state index in [1.807, 2.05) is 6.07 Å². The topological polar surface area (TPSA) is 24.5 Å². The quantitative estimate of drug-likeness (QED) is 0.888. The lowest BCUT2D eigenvalue weighted by atomic mass is 10.1. The first-order valence-electron chi connectivity index (χ1n) is 6.77. The summed E-state index contributed by atoms with van der Waals surface area (Å²) in [5.41, 5.74) is 4.57. The minimum Gasteiger partial charge on any atom is -0.373 e. The zero-order valence-corrected chi connectivity index (χ0v) is 11.6. The molecule has 0 radical (unpaired) electrons. The van der Waals surface area contributed by atoms with E-state index in [0.717, 1.165) is 31.6 Å². The summed E-state index contributed by atoms with van der Waals surface area (Å²) in [4.78, 5) is 0. The number of nitrogens with one attached hydrogen (secondary N) is 1. The van der Waals surface area contributed by atoms with E-state index in [1.54, 1.807) is 0 Å². The molecule has 2 rings (SSSR count). The van der Waals surface area contributed by atoms with Gasteiger partial charge in [0.1, 0.15) is 0 Å². The van der Waals surface area contributed by atoms with Crippen molar-refractivity contribution in [3.8, 4) is 0 Å². The molecule has 0 bridgehead atoms. The average molecular weight is 248 g/mol. The van der Waals surface area contributed by atoms with Crippen LogP contribution in [0.2, 0.25) is 0 Å². The number of ether oxygens (including phenoxy) is 1. The third-order valence-electron chi connectivity index (χ3n) is 3.02. The second kappa shape index (κ2) is 5.72. The summed E-state index contributed by atoms with van der Waals surface area (Å²) in [6, 6.07) is 10.3. The normalized spacial score (nSPS) is 18.8. The van der Waals surface area contributed by atoms with E-state index in [-0.39, 0.29) is 5.60 Å². The van der Waals surface area contributed by atoms with Crippen LogP contribution < -0.4 is 5.43 Å². The van der Waals surface area contributed by atoms with Crippen LogP contribution in [0.5, 0.6) is 0 Å². The highest BCUT2D eigenvalue weighted by atomic mass is 16.5. The first-order chi connectivity index (χ1) is 8.53. The molecule has 0 aromatic heterocycles. The van der Waals surface area contributed by atoms with Gasteiger partial charge in [-0.25, -0.2) is 5.01 Å². The van der Waals surface area contributed by atoms with Gasteiger partial charge < -0.3 is 10.2 Å². The molecule has 18 heavy (non-hydrogen) atoms. The second-order valence-corrected chi connectivity index (χ2v) is 5.89. The van der Waals surface area contributed by atoms with E-state index in [0.29, 0.717) is 6.10 Å². The fourth-order valence-electron chi connectivity index (χ4n) is 2.28. The van der Waals surface area contributed by atoms with Crippen molar-refractivity contribution in [1.82, 2.24) is 5.01 Å². The molecular formula is C15H24N2O. The number of hydrazine groups is 1. The van der Waals surface area contributed by atoms with Gasteiger partial charge in [-0.05, 0) is 45.7 Å². The van der Waals surface area contributed by atoms with Gasteiger partial charge >= 0.3 is 0 Å². The minimum atomic E-state index is -0.0281. The van der Waals surface area contributed by atoms with Gasteiger partial charge in [0.15, 0.2) is 0 Å². The molecule has 1 heterocycles. The predicted molar refractivity (Wildman–Crippen MR) is 75.5 cm³/mol. The van der Waals surface area contributed by atoms with E-state index in [4.69, 9.17) is 4.74 Å². The fourth-order valence-corrected chi connectivity index (χ4v) is 2.28. The summed E-state index contributed by atoms with van der Waals surface area (Å²) in [5.74, 6) is 0. The van der Waals surface area contributed by atoms with Crippen LogP contribution in [0, 0.1) is 0 Å². The summed E-state index contributed by atoms with van der Waals surface area (Å²) in [7, 11) is 0. The summed E-state index contributed by atoms with van der Waals surface area (Å²) >= 11 is 0. The number of nitrogens with zero attached hydrogens (tertiary/aromatic N) is 1. The van der Waals surface area contributed by atoms with Crippen LogP contribution in [0.3, 0.4) is 0 Å². The van der Waals surface area contributed by atoms with Gasteiger partial charge in [-0.2, -0.15) is 0 Å². The third kappa shape index (κ3) is 4.31. The smallest absolute Gasteiger partial charge is 0.0608 e. The van der Waals surface area contributed by atoms with Crippen LogP contribution >= 0.6 is 0 Å². The van der Waals surface area contributed by atoms with Crippen LogP contribution in [0.25, 0.3) is 0 Å². The molecule has 1 N–H and O–H groups in total. The molecule has 1 aromatic rings. The number of para-hydroxylation sites is 1. The molecule has 3 nitrogen and oxygen atoms in total. The Balaban J connectivity index is 1.77. The van der Waals surface area contributed by atoms with Crippen LogP contribution in [0.1, 0.15) is 33.6 Å². The lowest BCUT2D eigenvalue weighted by molar-refractivity contribution is -0.0801. The standard InChI is InChI=1S/C15H24N2O/c1-15(2,3)18-14-9-11-17(12-10-14)16-13-7-5-4-6-8-13/h4-8,14,16H,9-12H2,1-3H3. The summed E-state index contributed by atoms with van der Waals surface area (Å²) in [6.45, 7) is 8.45. The Hall–Kier alpha value is -1.06. The molecule has 0 unspecified atom stereocenters. The third-order valence-corrected chi connectivity index (χ3v) is 3.02. The Kier molecular flexibility index (Phi) is 4.25. The SMILES string of the molecule is CC(C)(C)OC1CCN(Nc2ccccc2)CC1. The van der Waals surface area contributed by atoms with Gasteiger partial charge in [0.25, 0.3) is 0 Å². The highest BCUT2D eigenvalue weighted by Gasteiger charge is 2.24. The van der Waals surface area contributed by atoms with E-state index in [9.17, 15) is 0 Å². The first-order valence-corrected chi connectivity index (χ1v) is 6.77. The molecule has 100 valence electrons. The number of benzene rings is 1. The summed E-state index contributed by atoms with van der Waals surface area (Å²) < 4.78 is 6.02. The summed E-state index contributed by atoms with van der Waals surface area (Å²) in [5, 5.41) is 2.28. The van der Waals surface area contributed by atoms with Gasteiger partial charge in [0.2, 0.25) is 0 Å². The molecule has 0 aliphatic carbocycles. The van der Waals surface area contributed by atoms with Crippen LogP contribution in [-0.4, -0.2) is 29.8 Å². The Morgan fingerprint density at radius 3 is 2.28 bits per heavy atom. The second-order valence-electron chi connectivity index (χ2n) is 5.89. The van der Waals surface area contributed by atoms with Crippen molar-refractivity contribution in [3.05, 3.63) is 30.3 Å². The number of rotatable bonds is 3. The van der Waals surface area contributed by atoms with Crippen LogP contribution in [0.4, 0.5) is 5.69 Å². The van der Waals surface area contributed by atoms with E-state index < -0.39 is 0 Å². The Morgan fingerprint density at radius 2 is 1.72 bits per heavy atom. The molecule has 0 spiro atoms.